The Morgan fingerprint density at radius 3 is 2.13 bits per heavy atom. The van der Waals surface area contributed by atoms with E-state index in [1.54, 1.807) is 11.8 Å². The van der Waals surface area contributed by atoms with Gasteiger partial charge in [-0.3, -0.25) is 9.59 Å². The molecule has 1 aromatic rings. The maximum atomic E-state index is 12.4. The number of rotatable bonds is 8. The highest BCUT2D eigenvalue weighted by Gasteiger charge is 2.18. The third-order valence-electron chi connectivity index (χ3n) is 4.14. The summed E-state index contributed by atoms with van der Waals surface area (Å²) in [5, 5.41) is 0. The Labute approximate surface area is 140 Å². The average molecular weight is 318 g/mol. The van der Waals surface area contributed by atoms with Gasteiger partial charge in [0.1, 0.15) is 0 Å². The standard InChI is InChI=1S/C19H30N2O2/c1-6-12-20(13-7-2)19(23)11-14-21(17(5)22)18-10-8-9-15(3)16(18)4/h8-10H,6-7,11-14H2,1-5H3. The molecule has 0 N–H and O–H groups in total. The molecule has 2 amide bonds. The molecule has 0 heterocycles. The topological polar surface area (TPSA) is 40.6 Å². The Hall–Kier alpha value is -1.84. The van der Waals surface area contributed by atoms with Crippen LogP contribution >= 0.6 is 0 Å². The number of amides is 2. The molecule has 0 saturated heterocycles. The van der Waals surface area contributed by atoms with Crippen molar-refractivity contribution in [3.63, 3.8) is 0 Å². The Morgan fingerprint density at radius 2 is 1.61 bits per heavy atom. The summed E-state index contributed by atoms with van der Waals surface area (Å²) >= 11 is 0. The first-order chi connectivity index (χ1) is 10.9. The van der Waals surface area contributed by atoms with E-state index >= 15 is 0 Å². The lowest BCUT2D eigenvalue weighted by atomic mass is 10.1. The van der Waals surface area contributed by atoms with E-state index < -0.39 is 0 Å². The number of hydrogen-bond donors (Lipinski definition) is 0. The van der Waals surface area contributed by atoms with Crippen LogP contribution < -0.4 is 4.90 Å². The predicted molar refractivity (Wildman–Crippen MR) is 95.7 cm³/mol. The first-order valence-electron chi connectivity index (χ1n) is 8.54. The summed E-state index contributed by atoms with van der Waals surface area (Å²) in [7, 11) is 0. The van der Waals surface area contributed by atoms with E-state index in [-0.39, 0.29) is 11.8 Å². The molecule has 0 aliphatic rings. The number of nitrogens with zero attached hydrogens (tertiary/aromatic N) is 2. The number of carbonyl (C=O) groups is 2. The second kappa shape index (κ2) is 9.33. The zero-order valence-electron chi connectivity index (χ0n) is 15.2. The van der Waals surface area contributed by atoms with Crippen molar-refractivity contribution in [2.45, 2.75) is 53.9 Å². The first-order valence-corrected chi connectivity index (χ1v) is 8.54. The van der Waals surface area contributed by atoms with Crippen molar-refractivity contribution in [1.29, 1.82) is 0 Å². The lowest BCUT2D eigenvalue weighted by Crippen LogP contribution is -2.37. The fourth-order valence-corrected chi connectivity index (χ4v) is 2.74. The molecule has 1 aromatic carbocycles. The molecule has 128 valence electrons. The molecule has 0 aromatic heterocycles. The second-order valence-electron chi connectivity index (χ2n) is 6.02. The summed E-state index contributed by atoms with van der Waals surface area (Å²) < 4.78 is 0. The van der Waals surface area contributed by atoms with Crippen molar-refractivity contribution in [2.24, 2.45) is 0 Å². The molecule has 0 atom stereocenters. The molecule has 1 rings (SSSR count). The molecule has 0 fully saturated rings. The highest BCUT2D eigenvalue weighted by molar-refractivity contribution is 5.93. The molecule has 0 aliphatic carbocycles. The zero-order valence-corrected chi connectivity index (χ0v) is 15.2. The maximum absolute atomic E-state index is 12.4. The van der Waals surface area contributed by atoms with Gasteiger partial charge in [0.2, 0.25) is 11.8 Å². The summed E-state index contributed by atoms with van der Waals surface area (Å²) in [5.41, 5.74) is 3.15. The summed E-state index contributed by atoms with van der Waals surface area (Å²) in [6, 6.07) is 5.94. The number of hydrogen-bond acceptors (Lipinski definition) is 2. The quantitative estimate of drug-likeness (QED) is 0.733. The number of anilines is 1. The van der Waals surface area contributed by atoms with E-state index in [1.807, 2.05) is 36.9 Å². The van der Waals surface area contributed by atoms with Crippen molar-refractivity contribution in [2.75, 3.05) is 24.5 Å². The lowest BCUT2D eigenvalue weighted by molar-refractivity contribution is -0.131. The van der Waals surface area contributed by atoms with Crippen molar-refractivity contribution in [3.05, 3.63) is 29.3 Å². The van der Waals surface area contributed by atoms with Crippen LogP contribution in [0.5, 0.6) is 0 Å². The minimum Gasteiger partial charge on any atom is -0.343 e. The molecule has 0 bridgehead atoms. The van der Waals surface area contributed by atoms with E-state index in [0.717, 1.165) is 42.7 Å². The monoisotopic (exact) mass is 318 g/mol. The molecule has 23 heavy (non-hydrogen) atoms. The van der Waals surface area contributed by atoms with Crippen LogP contribution in [-0.4, -0.2) is 36.3 Å². The Balaban J connectivity index is 2.83. The lowest BCUT2D eigenvalue weighted by Gasteiger charge is -2.26. The van der Waals surface area contributed by atoms with Gasteiger partial charge in [-0.1, -0.05) is 26.0 Å². The van der Waals surface area contributed by atoms with Crippen LogP contribution in [0.3, 0.4) is 0 Å². The van der Waals surface area contributed by atoms with Crippen LogP contribution in [0.4, 0.5) is 5.69 Å². The molecule has 0 aliphatic heterocycles. The smallest absolute Gasteiger partial charge is 0.224 e. The highest BCUT2D eigenvalue weighted by atomic mass is 16.2. The fraction of sp³-hybridized carbons (Fsp3) is 0.579. The largest absolute Gasteiger partial charge is 0.343 e. The molecular weight excluding hydrogens is 288 g/mol. The van der Waals surface area contributed by atoms with Crippen LogP contribution in [0.15, 0.2) is 18.2 Å². The second-order valence-corrected chi connectivity index (χ2v) is 6.02. The zero-order chi connectivity index (χ0) is 17.4. The van der Waals surface area contributed by atoms with Gasteiger partial charge < -0.3 is 9.80 Å². The van der Waals surface area contributed by atoms with Gasteiger partial charge in [0.25, 0.3) is 0 Å². The molecule has 0 spiro atoms. The van der Waals surface area contributed by atoms with Crippen LogP contribution in [0, 0.1) is 13.8 Å². The molecule has 0 saturated carbocycles. The maximum Gasteiger partial charge on any atom is 0.224 e. The fourth-order valence-electron chi connectivity index (χ4n) is 2.74. The third-order valence-corrected chi connectivity index (χ3v) is 4.14. The predicted octanol–water partition coefficient (Wildman–Crippen LogP) is 3.70. The average Bonchev–Trinajstić information content (AvgIpc) is 2.50. The number of carbonyl (C=O) groups excluding carboxylic acids is 2. The third kappa shape index (κ3) is 5.38. The van der Waals surface area contributed by atoms with Gasteiger partial charge in [-0.25, -0.2) is 0 Å². The molecule has 4 heteroatoms. The summed E-state index contributed by atoms with van der Waals surface area (Å²) in [4.78, 5) is 28.1. The van der Waals surface area contributed by atoms with Crippen LogP contribution in [0.1, 0.15) is 51.2 Å². The summed E-state index contributed by atoms with van der Waals surface area (Å²) in [6.07, 6.45) is 2.28. The van der Waals surface area contributed by atoms with E-state index in [4.69, 9.17) is 0 Å². The van der Waals surface area contributed by atoms with Crippen molar-refractivity contribution in [1.82, 2.24) is 4.90 Å². The van der Waals surface area contributed by atoms with Crippen LogP contribution in [0.25, 0.3) is 0 Å². The van der Waals surface area contributed by atoms with E-state index in [9.17, 15) is 9.59 Å². The molecular formula is C19H30N2O2. The van der Waals surface area contributed by atoms with Crippen LogP contribution in [-0.2, 0) is 9.59 Å². The van der Waals surface area contributed by atoms with Gasteiger partial charge in [-0.05, 0) is 43.9 Å². The van der Waals surface area contributed by atoms with E-state index in [1.165, 1.54) is 0 Å². The van der Waals surface area contributed by atoms with Crippen LogP contribution in [0.2, 0.25) is 0 Å². The highest BCUT2D eigenvalue weighted by Crippen LogP contribution is 2.23. The van der Waals surface area contributed by atoms with E-state index in [0.29, 0.717) is 13.0 Å². The number of aryl methyl sites for hydroxylation is 1. The van der Waals surface area contributed by atoms with Gasteiger partial charge in [-0.15, -0.1) is 0 Å². The molecule has 4 nitrogen and oxygen atoms in total. The van der Waals surface area contributed by atoms with E-state index in [2.05, 4.69) is 13.8 Å². The minimum atomic E-state index is -0.0240. The Bertz CT molecular complexity index is 534. The van der Waals surface area contributed by atoms with Gasteiger partial charge >= 0.3 is 0 Å². The Kier molecular flexibility index (Phi) is 7.79. The molecule has 0 unspecified atom stereocenters. The van der Waals surface area contributed by atoms with Gasteiger partial charge in [0.05, 0.1) is 0 Å². The van der Waals surface area contributed by atoms with Crippen molar-refractivity contribution in [3.8, 4) is 0 Å². The number of benzene rings is 1. The Morgan fingerprint density at radius 1 is 1.00 bits per heavy atom. The summed E-state index contributed by atoms with van der Waals surface area (Å²) in [5.74, 6) is 0.106. The molecule has 0 radical (unpaired) electrons. The van der Waals surface area contributed by atoms with Gasteiger partial charge in [0.15, 0.2) is 0 Å². The van der Waals surface area contributed by atoms with Gasteiger partial charge in [0, 0.05) is 38.7 Å². The van der Waals surface area contributed by atoms with Gasteiger partial charge in [-0.2, -0.15) is 0 Å². The van der Waals surface area contributed by atoms with Crippen molar-refractivity contribution >= 4 is 17.5 Å². The SMILES string of the molecule is CCCN(CCC)C(=O)CCN(C(C)=O)c1cccc(C)c1C. The normalized spacial score (nSPS) is 10.5. The van der Waals surface area contributed by atoms with Crippen molar-refractivity contribution < 1.29 is 9.59 Å². The summed E-state index contributed by atoms with van der Waals surface area (Å²) in [6.45, 7) is 11.8. The minimum absolute atomic E-state index is 0.0240. The first kappa shape index (κ1) is 19.2.